The highest BCUT2D eigenvalue weighted by Crippen LogP contribution is 2.54. The Balaban J connectivity index is 1.38. The molecule has 33 heavy (non-hydrogen) atoms. The second-order valence-electron chi connectivity index (χ2n) is 8.48. The number of aliphatic imine (C=N–C) groups is 1. The fourth-order valence-corrected chi connectivity index (χ4v) is 6.34. The minimum absolute atomic E-state index is 0.00698. The molecule has 0 saturated heterocycles. The number of aromatic nitrogens is 1. The van der Waals surface area contributed by atoms with Gasteiger partial charge in [0.1, 0.15) is 23.1 Å². The number of carbonyl (C=O) groups excluding carboxylic acids is 1. The predicted octanol–water partition coefficient (Wildman–Crippen LogP) is 4.48. The van der Waals surface area contributed by atoms with Crippen LogP contribution in [0.3, 0.4) is 0 Å². The van der Waals surface area contributed by atoms with Gasteiger partial charge in [-0.1, -0.05) is 27.7 Å². The molecule has 5 rings (SSSR count). The summed E-state index contributed by atoms with van der Waals surface area (Å²) in [6, 6.07) is 7.68. The molecule has 1 aliphatic carbocycles. The van der Waals surface area contributed by atoms with E-state index in [1.54, 1.807) is 0 Å². The Kier molecular flexibility index (Phi) is 5.59. The van der Waals surface area contributed by atoms with Gasteiger partial charge in [-0.2, -0.15) is 13.2 Å². The van der Waals surface area contributed by atoms with Crippen molar-refractivity contribution in [3.63, 3.8) is 0 Å². The summed E-state index contributed by atoms with van der Waals surface area (Å²) in [5.74, 6) is 0.987. The molecular formula is C22H20BrF3N4O2S. The molecule has 3 N–H and O–H groups in total. The zero-order valence-corrected chi connectivity index (χ0v) is 19.6. The average Bonchev–Trinajstić information content (AvgIpc) is 3.17. The number of amides is 1. The summed E-state index contributed by atoms with van der Waals surface area (Å²) < 4.78 is 45.6. The Morgan fingerprint density at radius 1 is 1.27 bits per heavy atom. The van der Waals surface area contributed by atoms with Crippen LogP contribution in [-0.2, 0) is 11.7 Å². The van der Waals surface area contributed by atoms with Crippen LogP contribution in [0.5, 0.6) is 5.75 Å². The first-order chi connectivity index (χ1) is 15.7. The van der Waals surface area contributed by atoms with Crippen molar-refractivity contribution in [2.45, 2.75) is 43.1 Å². The quantitative estimate of drug-likeness (QED) is 0.586. The number of fused-ring (bicyclic) bond motifs is 4. The normalized spacial score (nSPS) is 28.5. The van der Waals surface area contributed by atoms with Crippen molar-refractivity contribution < 1.29 is 22.7 Å². The molecule has 4 atom stereocenters. The highest BCUT2D eigenvalue weighted by Gasteiger charge is 2.54. The Bertz CT molecular complexity index is 1130. The number of pyridine rings is 1. The number of ether oxygens (including phenoxy) is 1. The van der Waals surface area contributed by atoms with Gasteiger partial charge in [0.2, 0.25) is 0 Å². The number of hydrogen-bond donors (Lipinski definition) is 2. The highest BCUT2D eigenvalue weighted by atomic mass is 79.9. The van der Waals surface area contributed by atoms with Crippen LogP contribution in [0.4, 0.5) is 13.2 Å². The fourth-order valence-electron chi connectivity index (χ4n) is 4.95. The van der Waals surface area contributed by atoms with Crippen molar-refractivity contribution in [2.24, 2.45) is 16.6 Å². The van der Waals surface area contributed by atoms with E-state index in [0.717, 1.165) is 27.9 Å². The number of carbonyl (C=O) groups is 1. The first kappa shape index (κ1) is 22.5. The van der Waals surface area contributed by atoms with E-state index in [1.165, 1.54) is 11.8 Å². The summed E-state index contributed by atoms with van der Waals surface area (Å²) in [4.78, 5) is 21.3. The van der Waals surface area contributed by atoms with Crippen LogP contribution >= 0.6 is 27.7 Å². The van der Waals surface area contributed by atoms with E-state index in [-0.39, 0.29) is 23.8 Å². The number of nitrogens with zero attached hydrogens (tertiary/aromatic N) is 2. The molecule has 6 nitrogen and oxygen atoms in total. The zero-order valence-electron chi connectivity index (χ0n) is 17.2. The maximum atomic E-state index is 12.8. The van der Waals surface area contributed by atoms with E-state index >= 15 is 0 Å². The van der Waals surface area contributed by atoms with Crippen molar-refractivity contribution in [3.8, 4) is 5.75 Å². The number of nitrogens with one attached hydrogen (secondary N) is 1. The number of hydrogen-bond acceptors (Lipinski definition) is 6. The van der Waals surface area contributed by atoms with Crippen molar-refractivity contribution in [1.82, 2.24) is 10.3 Å². The molecule has 0 bridgehead atoms. The molecule has 11 heteroatoms. The molecule has 1 amide bonds. The average molecular weight is 541 g/mol. The molecule has 174 valence electrons. The van der Waals surface area contributed by atoms with Gasteiger partial charge >= 0.3 is 6.18 Å². The van der Waals surface area contributed by atoms with E-state index in [2.05, 4.69) is 26.2 Å². The van der Waals surface area contributed by atoms with Crippen LogP contribution in [0.15, 0.2) is 46.0 Å². The SMILES string of the molecule is NC1=NC2(CS1)c1cc(Br)ccc1OC1CCC(NC(=O)c3ccc(C(F)(F)F)cn3)CC12. The molecular weight excluding hydrogens is 521 g/mol. The van der Waals surface area contributed by atoms with Gasteiger partial charge in [-0.15, -0.1) is 0 Å². The van der Waals surface area contributed by atoms with Crippen LogP contribution in [-0.4, -0.2) is 34.0 Å². The van der Waals surface area contributed by atoms with E-state index < -0.39 is 23.2 Å². The van der Waals surface area contributed by atoms with Crippen LogP contribution in [0, 0.1) is 5.92 Å². The third-order valence-corrected chi connectivity index (χ3v) is 7.96. The molecule has 1 aromatic carbocycles. The molecule has 3 aliphatic rings. The van der Waals surface area contributed by atoms with Crippen molar-refractivity contribution in [2.75, 3.05) is 5.75 Å². The molecule has 1 aromatic heterocycles. The molecule has 4 unspecified atom stereocenters. The van der Waals surface area contributed by atoms with Gasteiger partial charge in [0.15, 0.2) is 5.17 Å². The number of nitrogens with two attached hydrogens (primary N) is 1. The molecule has 2 aromatic rings. The summed E-state index contributed by atoms with van der Waals surface area (Å²) in [5, 5.41) is 3.47. The molecule has 3 heterocycles. The summed E-state index contributed by atoms with van der Waals surface area (Å²) in [6.07, 6.45) is -1.87. The lowest BCUT2D eigenvalue weighted by molar-refractivity contribution is -0.137. The van der Waals surface area contributed by atoms with Gasteiger partial charge in [0.05, 0.1) is 5.56 Å². The third-order valence-electron chi connectivity index (χ3n) is 6.50. The number of halogens is 4. The first-order valence-corrected chi connectivity index (χ1v) is 12.2. The number of rotatable bonds is 2. The fraction of sp³-hybridized carbons (Fsp3) is 0.409. The topological polar surface area (TPSA) is 89.6 Å². The van der Waals surface area contributed by atoms with Crippen LogP contribution in [0.1, 0.15) is 40.9 Å². The van der Waals surface area contributed by atoms with Crippen LogP contribution in [0.25, 0.3) is 0 Å². The van der Waals surface area contributed by atoms with Crippen LogP contribution in [0.2, 0.25) is 0 Å². The zero-order chi connectivity index (χ0) is 23.4. The smallest absolute Gasteiger partial charge is 0.417 e. The first-order valence-electron chi connectivity index (χ1n) is 10.4. The Labute approximate surface area is 200 Å². The number of amidine groups is 1. The number of alkyl halides is 3. The monoisotopic (exact) mass is 540 g/mol. The highest BCUT2D eigenvalue weighted by molar-refractivity contribution is 9.10. The summed E-state index contributed by atoms with van der Waals surface area (Å²) >= 11 is 5.05. The largest absolute Gasteiger partial charge is 0.490 e. The second-order valence-corrected chi connectivity index (χ2v) is 10.4. The predicted molar refractivity (Wildman–Crippen MR) is 122 cm³/mol. The molecule has 1 saturated carbocycles. The van der Waals surface area contributed by atoms with E-state index in [4.69, 9.17) is 15.5 Å². The molecule has 1 fully saturated rings. The van der Waals surface area contributed by atoms with Gasteiger partial charge in [0.25, 0.3) is 5.91 Å². The summed E-state index contributed by atoms with van der Waals surface area (Å²) in [6.45, 7) is 0. The standard InChI is InChI=1S/C22H20BrF3N4O2S/c23-12-2-5-17-14(7-12)21(10-33-20(27)30-21)15-8-13(3-6-18(15)32-17)29-19(31)16-4-1-11(9-28-16)22(24,25)26/h1-2,4-5,7,9,13,15,18H,3,6,8,10H2,(H2,27,30)(H,29,31). The summed E-state index contributed by atoms with van der Waals surface area (Å²) in [5.41, 5.74) is 5.58. The lowest BCUT2D eigenvalue weighted by Crippen LogP contribution is -2.54. The van der Waals surface area contributed by atoms with Crippen molar-refractivity contribution >= 4 is 38.8 Å². The molecule has 1 spiro atoms. The maximum absolute atomic E-state index is 12.8. The van der Waals surface area contributed by atoms with Gasteiger partial charge < -0.3 is 15.8 Å². The minimum Gasteiger partial charge on any atom is -0.490 e. The van der Waals surface area contributed by atoms with Crippen molar-refractivity contribution in [3.05, 3.63) is 57.8 Å². The van der Waals surface area contributed by atoms with Gasteiger partial charge in [-0.05, 0) is 49.6 Å². The molecule has 0 radical (unpaired) electrons. The number of thioether (sulfide) groups is 1. The van der Waals surface area contributed by atoms with E-state index in [1.807, 2.05) is 18.2 Å². The lowest BCUT2D eigenvalue weighted by Gasteiger charge is -2.48. The Morgan fingerprint density at radius 3 is 2.76 bits per heavy atom. The van der Waals surface area contributed by atoms with Gasteiger partial charge in [-0.3, -0.25) is 9.78 Å². The molecule has 2 aliphatic heterocycles. The second kappa shape index (κ2) is 8.19. The van der Waals surface area contributed by atoms with Crippen LogP contribution < -0.4 is 15.8 Å². The number of benzene rings is 1. The Hall–Kier alpha value is -2.27. The van der Waals surface area contributed by atoms with Gasteiger partial charge in [-0.25, -0.2) is 4.99 Å². The van der Waals surface area contributed by atoms with Gasteiger partial charge in [0, 0.05) is 33.9 Å². The summed E-state index contributed by atoms with van der Waals surface area (Å²) in [7, 11) is 0. The third kappa shape index (κ3) is 4.09. The maximum Gasteiger partial charge on any atom is 0.417 e. The van der Waals surface area contributed by atoms with E-state index in [0.29, 0.717) is 36.4 Å². The minimum atomic E-state index is -4.50. The van der Waals surface area contributed by atoms with Crippen molar-refractivity contribution in [1.29, 1.82) is 0 Å². The Morgan fingerprint density at radius 2 is 2.09 bits per heavy atom. The van der Waals surface area contributed by atoms with E-state index in [9.17, 15) is 18.0 Å². The lowest BCUT2D eigenvalue weighted by atomic mass is 9.67.